The van der Waals surface area contributed by atoms with Crippen LogP contribution < -0.4 is 4.74 Å². The molecule has 0 amide bonds. The first-order valence-corrected chi connectivity index (χ1v) is 9.90. The first kappa shape index (κ1) is 21.2. The SMILES string of the molecule is COCCOCCOCc1ccc(Oc2cncc3sc(C(=O)OC)cc23)cc1. The molecular formula is C21H23NO6S. The van der Waals surface area contributed by atoms with Crippen molar-refractivity contribution in [2.75, 3.05) is 40.6 Å². The molecule has 3 rings (SSSR count). The summed E-state index contributed by atoms with van der Waals surface area (Å²) in [6, 6.07) is 9.41. The maximum Gasteiger partial charge on any atom is 0.348 e. The summed E-state index contributed by atoms with van der Waals surface area (Å²) < 4.78 is 27.5. The van der Waals surface area contributed by atoms with Gasteiger partial charge in [-0.3, -0.25) is 4.98 Å². The first-order valence-electron chi connectivity index (χ1n) is 9.08. The summed E-state index contributed by atoms with van der Waals surface area (Å²) in [6.07, 6.45) is 3.34. The van der Waals surface area contributed by atoms with Gasteiger partial charge in [-0.1, -0.05) is 12.1 Å². The third kappa shape index (κ3) is 5.98. The smallest absolute Gasteiger partial charge is 0.348 e. The van der Waals surface area contributed by atoms with E-state index >= 15 is 0 Å². The molecule has 0 N–H and O–H groups in total. The largest absolute Gasteiger partial charge is 0.465 e. The zero-order valence-electron chi connectivity index (χ0n) is 16.4. The van der Waals surface area contributed by atoms with Gasteiger partial charge in [-0.25, -0.2) is 4.79 Å². The molecule has 2 heterocycles. The van der Waals surface area contributed by atoms with Gasteiger partial charge in [0.05, 0.1) is 51.0 Å². The number of hydrogen-bond acceptors (Lipinski definition) is 8. The van der Waals surface area contributed by atoms with Crippen molar-refractivity contribution >= 4 is 27.4 Å². The molecule has 0 saturated heterocycles. The number of esters is 1. The number of nitrogens with zero attached hydrogens (tertiary/aromatic N) is 1. The highest BCUT2D eigenvalue weighted by atomic mass is 32.1. The lowest BCUT2D eigenvalue weighted by Gasteiger charge is -2.08. The molecule has 0 bridgehead atoms. The predicted octanol–water partition coefficient (Wildman–Crippen LogP) is 4.05. The Bertz CT molecular complexity index is 925. The van der Waals surface area contributed by atoms with Crippen LogP contribution in [0.2, 0.25) is 0 Å². The molecule has 154 valence electrons. The second-order valence-corrected chi connectivity index (χ2v) is 7.14. The minimum absolute atomic E-state index is 0.370. The van der Waals surface area contributed by atoms with Crippen molar-refractivity contribution in [3.8, 4) is 11.5 Å². The number of aromatic nitrogens is 1. The van der Waals surface area contributed by atoms with Crippen molar-refractivity contribution in [2.24, 2.45) is 0 Å². The van der Waals surface area contributed by atoms with Gasteiger partial charge in [0.15, 0.2) is 5.75 Å². The highest BCUT2D eigenvalue weighted by Crippen LogP contribution is 2.34. The number of carbonyl (C=O) groups is 1. The molecule has 8 heteroatoms. The van der Waals surface area contributed by atoms with E-state index in [0.717, 1.165) is 15.6 Å². The van der Waals surface area contributed by atoms with E-state index in [9.17, 15) is 4.79 Å². The van der Waals surface area contributed by atoms with Gasteiger partial charge < -0.3 is 23.7 Å². The second-order valence-electron chi connectivity index (χ2n) is 6.06. The van der Waals surface area contributed by atoms with Crippen LogP contribution in [0.3, 0.4) is 0 Å². The summed E-state index contributed by atoms with van der Waals surface area (Å²) in [5, 5.41) is 0.825. The van der Waals surface area contributed by atoms with Crippen LogP contribution in [0, 0.1) is 0 Å². The van der Waals surface area contributed by atoms with Gasteiger partial charge in [-0.05, 0) is 23.8 Å². The number of hydrogen-bond donors (Lipinski definition) is 0. The van der Waals surface area contributed by atoms with Gasteiger partial charge in [0.25, 0.3) is 0 Å². The molecule has 0 atom stereocenters. The number of rotatable bonds is 11. The Labute approximate surface area is 173 Å². The minimum atomic E-state index is -0.370. The maximum absolute atomic E-state index is 11.8. The third-order valence-corrected chi connectivity index (χ3v) is 5.07. The highest BCUT2D eigenvalue weighted by molar-refractivity contribution is 7.20. The van der Waals surface area contributed by atoms with Gasteiger partial charge >= 0.3 is 5.97 Å². The number of carbonyl (C=O) groups excluding carboxylic acids is 1. The van der Waals surface area contributed by atoms with Crippen molar-refractivity contribution in [1.82, 2.24) is 4.98 Å². The molecule has 3 aromatic rings. The van der Waals surface area contributed by atoms with E-state index < -0.39 is 0 Å². The average Bonchev–Trinajstić information content (AvgIpc) is 3.19. The number of methoxy groups -OCH3 is 2. The van der Waals surface area contributed by atoms with Gasteiger partial charge in [0, 0.05) is 18.7 Å². The monoisotopic (exact) mass is 417 g/mol. The zero-order chi connectivity index (χ0) is 20.5. The molecule has 0 unspecified atom stereocenters. The van der Waals surface area contributed by atoms with E-state index in [0.29, 0.717) is 49.4 Å². The molecule has 0 aliphatic heterocycles. The second kappa shape index (κ2) is 10.9. The van der Waals surface area contributed by atoms with E-state index in [4.69, 9.17) is 23.7 Å². The topological polar surface area (TPSA) is 76.1 Å². The van der Waals surface area contributed by atoms with E-state index in [1.54, 1.807) is 25.6 Å². The summed E-state index contributed by atoms with van der Waals surface area (Å²) in [5.41, 5.74) is 1.04. The summed E-state index contributed by atoms with van der Waals surface area (Å²) >= 11 is 1.32. The van der Waals surface area contributed by atoms with E-state index in [1.165, 1.54) is 18.4 Å². The molecule has 1 aromatic carbocycles. The van der Waals surface area contributed by atoms with Gasteiger partial charge in [0.2, 0.25) is 0 Å². The lowest BCUT2D eigenvalue weighted by molar-refractivity contribution is 0.0199. The molecule has 2 aromatic heterocycles. The van der Waals surface area contributed by atoms with Crippen LogP contribution in [0.5, 0.6) is 11.5 Å². The minimum Gasteiger partial charge on any atom is -0.465 e. The average molecular weight is 417 g/mol. The Morgan fingerprint density at radius 2 is 1.76 bits per heavy atom. The zero-order valence-corrected chi connectivity index (χ0v) is 17.2. The Morgan fingerprint density at radius 3 is 2.52 bits per heavy atom. The van der Waals surface area contributed by atoms with Gasteiger partial charge in [-0.2, -0.15) is 0 Å². The Morgan fingerprint density at radius 1 is 1.00 bits per heavy atom. The van der Waals surface area contributed by atoms with E-state index in [1.807, 2.05) is 24.3 Å². The van der Waals surface area contributed by atoms with Gasteiger partial charge in [-0.15, -0.1) is 11.3 Å². The molecule has 0 aliphatic rings. The Balaban J connectivity index is 1.56. The van der Waals surface area contributed by atoms with Gasteiger partial charge in [0.1, 0.15) is 10.6 Å². The molecule has 0 spiro atoms. The van der Waals surface area contributed by atoms with Crippen molar-refractivity contribution in [3.63, 3.8) is 0 Å². The fourth-order valence-electron chi connectivity index (χ4n) is 2.55. The van der Waals surface area contributed by atoms with Crippen LogP contribution in [0.25, 0.3) is 10.1 Å². The van der Waals surface area contributed by atoms with Crippen LogP contribution in [-0.4, -0.2) is 51.6 Å². The number of thiophene rings is 1. The molecule has 7 nitrogen and oxygen atoms in total. The van der Waals surface area contributed by atoms with Crippen LogP contribution in [0.4, 0.5) is 0 Å². The summed E-state index contributed by atoms with van der Waals surface area (Å²) in [4.78, 5) is 16.5. The lowest BCUT2D eigenvalue weighted by atomic mass is 10.2. The summed E-state index contributed by atoms with van der Waals surface area (Å²) in [6.45, 7) is 2.71. The molecule has 0 fully saturated rings. The maximum atomic E-state index is 11.8. The fourth-order valence-corrected chi connectivity index (χ4v) is 3.51. The number of benzene rings is 1. The van der Waals surface area contributed by atoms with Crippen molar-refractivity contribution in [1.29, 1.82) is 0 Å². The predicted molar refractivity (Wildman–Crippen MR) is 110 cm³/mol. The van der Waals surface area contributed by atoms with Crippen LogP contribution >= 0.6 is 11.3 Å². The number of ether oxygens (including phenoxy) is 5. The number of fused-ring (bicyclic) bond motifs is 1. The van der Waals surface area contributed by atoms with E-state index in [-0.39, 0.29) is 5.97 Å². The standard InChI is InChI=1S/C21H23NO6S/c1-24-7-8-26-9-10-27-14-15-3-5-16(6-4-15)28-18-12-22-13-20-17(18)11-19(29-20)21(23)25-2/h3-6,11-13H,7-10,14H2,1-2H3. The van der Waals surface area contributed by atoms with Crippen molar-refractivity contribution in [3.05, 3.63) is 53.2 Å². The Hall–Kier alpha value is -2.52. The molecule has 0 saturated carbocycles. The van der Waals surface area contributed by atoms with Crippen LogP contribution in [0.1, 0.15) is 15.2 Å². The van der Waals surface area contributed by atoms with Crippen molar-refractivity contribution < 1.29 is 28.5 Å². The van der Waals surface area contributed by atoms with Crippen LogP contribution in [0.15, 0.2) is 42.7 Å². The highest BCUT2D eigenvalue weighted by Gasteiger charge is 2.14. The van der Waals surface area contributed by atoms with Crippen LogP contribution in [-0.2, 0) is 25.6 Å². The molecule has 0 radical (unpaired) electrons. The molecule has 29 heavy (non-hydrogen) atoms. The Kier molecular flexibility index (Phi) is 7.94. The van der Waals surface area contributed by atoms with Crippen molar-refractivity contribution in [2.45, 2.75) is 6.61 Å². The number of pyridine rings is 1. The molecule has 0 aliphatic carbocycles. The summed E-state index contributed by atoms with van der Waals surface area (Å²) in [5.74, 6) is 0.897. The first-order chi connectivity index (χ1) is 14.2. The lowest BCUT2D eigenvalue weighted by Crippen LogP contribution is -2.08. The molecular weight excluding hydrogens is 394 g/mol. The quantitative estimate of drug-likeness (QED) is 0.344. The van der Waals surface area contributed by atoms with E-state index in [2.05, 4.69) is 4.98 Å². The summed E-state index contributed by atoms with van der Waals surface area (Å²) in [7, 11) is 3.01. The normalized spacial score (nSPS) is 11.0. The third-order valence-electron chi connectivity index (χ3n) is 4.02. The fraction of sp³-hybridized carbons (Fsp3) is 0.333.